The van der Waals surface area contributed by atoms with Gasteiger partial charge in [0.15, 0.2) is 0 Å². The largest absolute Gasteiger partial charge is 0.480 e. The molecule has 0 heterocycles. The molecule has 0 spiro atoms. The Morgan fingerprint density at radius 1 is 1.58 bits per heavy atom. The van der Waals surface area contributed by atoms with Gasteiger partial charge in [0.05, 0.1) is 12.5 Å². The summed E-state index contributed by atoms with van der Waals surface area (Å²) in [5.41, 5.74) is 5.24. The van der Waals surface area contributed by atoms with Gasteiger partial charge >= 0.3 is 5.97 Å². The molecular weight excluding hydrogens is 178 g/mol. The van der Waals surface area contributed by atoms with E-state index in [1.807, 2.05) is 12.5 Å². The molecule has 0 aromatic rings. The Morgan fingerprint density at radius 3 is 2.42 bits per heavy atom. The number of carboxylic acids is 1. The van der Waals surface area contributed by atoms with Crippen LogP contribution in [-0.4, -0.2) is 46.6 Å². The van der Waals surface area contributed by atoms with E-state index < -0.39 is 18.1 Å². The Balaban J connectivity index is 3.68. The molecule has 72 valence electrons. The molecule has 0 fully saturated rings. The molecule has 1 unspecified atom stereocenters. The first-order valence-electron chi connectivity index (χ1n) is 3.64. The van der Waals surface area contributed by atoms with E-state index in [-0.39, 0.29) is 17.3 Å². The van der Waals surface area contributed by atoms with Crippen molar-refractivity contribution in [3.63, 3.8) is 0 Å². The van der Waals surface area contributed by atoms with Crippen LogP contribution in [0.15, 0.2) is 0 Å². The number of aliphatic hydroxyl groups is 1. The Morgan fingerprint density at radius 2 is 2.08 bits per heavy atom. The lowest BCUT2D eigenvalue weighted by atomic mass is 10.1. The molecule has 0 aliphatic heterocycles. The molecule has 0 saturated heterocycles. The zero-order chi connectivity index (χ0) is 9.72. The Hall–Kier alpha value is -0.260. The SMILES string of the molecule is C[S+](C)CC(O)C[C@H](N)C(=O)O. The number of hydrogen-bond acceptors (Lipinski definition) is 3. The number of rotatable bonds is 5. The molecule has 0 aliphatic rings. The van der Waals surface area contributed by atoms with Crippen LogP contribution in [0, 0.1) is 0 Å². The number of hydrogen-bond donors (Lipinski definition) is 3. The molecule has 12 heavy (non-hydrogen) atoms. The lowest BCUT2D eigenvalue weighted by molar-refractivity contribution is -0.139. The van der Waals surface area contributed by atoms with Crippen LogP contribution in [-0.2, 0) is 15.7 Å². The quantitative estimate of drug-likeness (QED) is 0.492. The second-order valence-corrected chi connectivity index (χ2v) is 5.29. The summed E-state index contributed by atoms with van der Waals surface area (Å²) in [6.07, 6.45) is 3.54. The summed E-state index contributed by atoms with van der Waals surface area (Å²) in [5.74, 6) is -0.429. The fourth-order valence-electron chi connectivity index (χ4n) is 0.847. The van der Waals surface area contributed by atoms with E-state index in [2.05, 4.69) is 0 Å². The van der Waals surface area contributed by atoms with Gasteiger partial charge in [0.2, 0.25) is 0 Å². The monoisotopic (exact) mass is 194 g/mol. The summed E-state index contributed by atoms with van der Waals surface area (Å²) < 4.78 is 0. The van der Waals surface area contributed by atoms with E-state index in [4.69, 9.17) is 10.8 Å². The van der Waals surface area contributed by atoms with Crippen molar-refractivity contribution < 1.29 is 15.0 Å². The fraction of sp³-hybridized carbons (Fsp3) is 0.857. The molecule has 0 radical (unpaired) electrons. The topological polar surface area (TPSA) is 83.5 Å². The molecule has 4 N–H and O–H groups in total. The normalized spacial score (nSPS) is 16.1. The minimum absolute atomic E-state index is 0.126. The predicted molar refractivity (Wildman–Crippen MR) is 50.3 cm³/mol. The van der Waals surface area contributed by atoms with Crippen molar-refractivity contribution in [1.29, 1.82) is 0 Å². The van der Waals surface area contributed by atoms with Gasteiger partial charge in [-0.1, -0.05) is 0 Å². The number of nitrogens with two attached hydrogens (primary N) is 1. The first kappa shape index (κ1) is 11.7. The third-order valence-corrected chi connectivity index (χ3v) is 2.42. The van der Waals surface area contributed by atoms with Crippen molar-refractivity contribution in [2.24, 2.45) is 5.73 Å². The first-order chi connectivity index (χ1) is 5.43. The number of aliphatic carboxylic acids is 1. The number of carbonyl (C=O) groups is 1. The van der Waals surface area contributed by atoms with Gasteiger partial charge in [0, 0.05) is 6.42 Å². The van der Waals surface area contributed by atoms with Gasteiger partial charge in [0.25, 0.3) is 0 Å². The summed E-state index contributed by atoms with van der Waals surface area (Å²) in [4.78, 5) is 10.3. The molecular formula is C7H16NO3S+. The Kier molecular flexibility index (Phi) is 5.28. The lowest BCUT2D eigenvalue weighted by Crippen LogP contribution is -2.36. The van der Waals surface area contributed by atoms with Crippen molar-refractivity contribution in [2.45, 2.75) is 18.6 Å². The highest BCUT2D eigenvalue weighted by atomic mass is 32.2. The minimum atomic E-state index is -1.05. The van der Waals surface area contributed by atoms with Crippen LogP contribution in [0.25, 0.3) is 0 Å². The molecule has 5 heteroatoms. The highest BCUT2D eigenvalue weighted by Crippen LogP contribution is 2.00. The molecule has 0 aliphatic carbocycles. The summed E-state index contributed by atoms with van der Waals surface area (Å²) in [6.45, 7) is 0. The van der Waals surface area contributed by atoms with Crippen LogP contribution in [0.1, 0.15) is 6.42 Å². The van der Waals surface area contributed by atoms with Crippen LogP contribution >= 0.6 is 0 Å². The summed E-state index contributed by atoms with van der Waals surface area (Å²) in [5, 5.41) is 17.7. The first-order valence-corrected chi connectivity index (χ1v) is 5.85. The second kappa shape index (κ2) is 5.40. The van der Waals surface area contributed by atoms with Crippen LogP contribution in [0.4, 0.5) is 0 Å². The summed E-state index contributed by atoms with van der Waals surface area (Å²) in [7, 11) is 0.126. The molecule has 0 bridgehead atoms. The molecule has 0 aromatic carbocycles. The predicted octanol–water partition coefficient (Wildman–Crippen LogP) is -0.973. The van der Waals surface area contributed by atoms with Gasteiger partial charge in [-0.15, -0.1) is 0 Å². The molecule has 0 aromatic heterocycles. The van der Waals surface area contributed by atoms with Crippen LogP contribution in [0.2, 0.25) is 0 Å². The van der Waals surface area contributed by atoms with E-state index in [1.54, 1.807) is 0 Å². The van der Waals surface area contributed by atoms with Gasteiger partial charge in [-0.3, -0.25) is 4.79 Å². The van der Waals surface area contributed by atoms with E-state index in [1.165, 1.54) is 0 Å². The van der Waals surface area contributed by atoms with Crippen molar-refractivity contribution in [3.8, 4) is 0 Å². The summed E-state index contributed by atoms with van der Waals surface area (Å²) in [6, 6.07) is -0.941. The van der Waals surface area contributed by atoms with Crippen LogP contribution in [0.5, 0.6) is 0 Å². The standard InChI is InChI=1S/C7H15NO3S/c1-12(2)4-5(9)3-6(8)7(10)11/h5-6,9H,3-4,8H2,1-2H3/p+1/t5?,6-/m0/s1. The number of aliphatic hydroxyl groups excluding tert-OH is 1. The smallest absolute Gasteiger partial charge is 0.320 e. The third kappa shape index (κ3) is 5.40. The zero-order valence-electron chi connectivity index (χ0n) is 7.36. The fourth-order valence-corrected chi connectivity index (χ4v) is 1.75. The maximum absolute atomic E-state index is 10.3. The van der Waals surface area contributed by atoms with Gasteiger partial charge in [-0.05, 0) is 10.9 Å². The molecule has 2 atom stereocenters. The maximum Gasteiger partial charge on any atom is 0.320 e. The average Bonchev–Trinajstić information content (AvgIpc) is 1.84. The van der Waals surface area contributed by atoms with Gasteiger partial charge < -0.3 is 15.9 Å². The van der Waals surface area contributed by atoms with Crippen molar-refractivity contribution in [1.82, 2.24) is 0 Å². The molecule has 0 rings (SSSR count). The highest BCUT2D eigenvalue weighted by Gasteiger charge is 2.20. The molecule has 4 nitrogen and oxygen atoms in total. The van der Waals surface area contributed by atoms with E-state index in [0.717, 1.165) is 0 Å². The van der Waals surface area contributed by atoms with Gasteiger partial charge in [-0.2, -0.15) is 0 Å². The second-order valence-electron chi connectivity index (χ2n) is 2.99. The zero-order valence-corrected chi connectivity index (χ0v) is 8.17. The van der Waals surface area contributed by atoms with Crippen molar-refractivity contribution in [2.75, 3.05) is 18.3 Å². The highest BCUT2D eigenvalue weighted by molar-refractivity contribution is 7.95. The maximum atomic E-state index is 10.3. The van der Waals surface area contributed by atoms with Gasteiger partial charge in [0.1, 0.15) is 17.9 Å². The van der Waals surface area contributed by atoms with E-state index in [9.17, 15) is 9.90 Å². The minimum Gasteiger partial charge on any atom is -0.480 e. The third-order valence-electron chi connectivity index (χ3n) is 1.37. The average molecular weight is 194 g/mol. The van der Waals surface area contributed by atoms with Crippen LogP contribution in [0.3, 0.4) is 0 Å². The Bertz CT molecular complexity index is 152. The van der Waals surface area contributed by atoms with Gasteiger partial charge in [-0.25, -0.2) is 0 Å². The van der Waals surface area contributed by atoms with E-state index in [0.29, 0.717) is 5.75 Å². The molecule has 0 saturated carbocycles. The van der Waals surface area contributed by atoms with Crippen molar-refractivity contribution in [3.05, 3.63) is 0 Å². The van der Waals surface area contributed by atoms with Crippen molar-refractivity contribution >= 4 is 16.9 Å². The number of carboxylic acid groups (broad SMARTS) is 1. The lowest BCUT2D eigenvalue weighted by Gasteiger charge is -2.10. The molecule has 0 amide bonds. The summed E-state index contributed by atoms with van der Waals surface area (Å²) >= 11 is 0. The Labute approximate surface area is 75.1 Å². The van der Waals surface area contributed by atoms with Crippen LogP contribution < -0.4 is 5.73 Å². The van der Waals surface area contributed by atoms with E-state index >= 15 is 0 Å².